The molecule has 0 unspecified atom stereocenters. The van der Waals surface area contributed by atoms with Crippen LogP contribution in [0.2, 0.25) is 0 Å². The third-order valence-electron chi connectivity index (χ3n) is 4.62. The van der Waals surface area contributed by atoms with Gasteiger partial charge >= 0.3 is 0 Å². The number of carbonyl (C=O) groups excluding carboxylic acids is 1. The number of piperidine rings is 1. The molecule has 6 heteroatoms. The fourth-order valence-corrected chi connectivity index (χ4v) is 4.67. The molecule has 1 saturated heterocycles. The maximum absolute atomic E-state index is 12.9. The number of hydrogen-bond acceptors (Lipinski definition) is 3. The van der Waals surface area contributed by atoms with Gasteiger partial charge in [0, 0.05) is 29.9 Å². The number of allylic oxidation sites excluding steroid dienone is 1. The molecule has 0 spiro atoms. The van der Waals surface area contributed by atoms with Gasteiger partial charge in [0.2, 0.25) is 10.0 Å². The smallest absolute Gasteiger partial charge is 0.256 e. The van der Waals surface area contributed by atoms with E-state index in [1.807, 2.05) is 13.8 Å². The van der Waals surface area contributed by atoms with Gasteiger partial charge in [-0.25, -0.2) is 8.42 Å². The number of anilines is 1. The number of rotatable bonds is 2. The third kappa shape index (κ3) is 2.81. The van der Waals surface area contributed by atoms with E-state index >= 15 is 0 Å². The standard InChI is InChI=1S/C17H22N2O3S/c1-11(2)16-14-10-13(4-5-15(14)18-17(16)20)23(21,22)19-8-6-12(3)7-9-19/h4-5,10,12H,6-9H2,1-3H3,(H,18,20). The summed E-state index contributed by atoms with van der Waals surface area (Å²) in [4.78, 5) is 12.3. The Morgan fingerprint density at radius 1 is 1.22 bits per heavy atom. The molecule has 0 aromatic heterocycles. The number of nitrogens with one attached hydrogen (secondary N) is 1. The topological polar surface area (TPSA) is 66.5 Å². The molecule has 0 aliphatic carbocycles. The van der Waals surface area contributed by atoms with Crippen LogP contribution in [0.4, 0.5) is 5.69 Å². The van der Waals surface area contributed by atoms with Crippen LogP contribution in [0, 0.1) is 5.92 Å². The van der Waals surface area contributed by atoms with E-state index in [4.69, 9.17) is 0 Å². The van der Waals surface area contributed by atoms with Crippen molar-refractivity contribution in [3.8, 4) is 0 Å². The second kappa shape index (κ2) is 5.76. The molecule has 1 aromatic carbocycles. The van der Waals surface area contributed by atoms with Crippen molar-refractivity contribution in [3.05, 3.63) is 29.3 Å². The normalized spacial score (nSPS) is 19.6. The summed E-state index contributed by atoms with van der Waals surface area (Å²) in [5.41, 5.74) is 2.81. The molecule has 5 nitrogen and oxygen atoms in total. The van der Waals surface area contributed by atoms with Crippen LogP contribution >= 0.6 is 0 Å². The van der Waals surface area contributed by atoms with E-state index in [9.17, 15) is 13.2 Å². The molecule has 2 aliphatic rings. The van der Waals surface area contributed by atoms with Crippen molar-refractivity contribution in [2.45, 2.75) is 38.5 Å². The second-order valence-electron chi connectivity index (χ2n) is 6.62. The highest BCUT2D eigenvalue weighted by Gasteiger charge is 2.31. The Morgan fingerprint density at radius 2 is 1.87 bits per heavy atom. The van der Waals surface area contributed by atoms with Crippen molar-refractivity contribution in [1.82, 2.24) is 4.31 Å². The quantitative estimate of drug-likeness (QED) is 0.846. The number of carbonyl (C=O) groups is 1. The number of hydrogen-bond donors (Lipinski definition) is 1. The lowest BCUT2D eigenvalue weighted by Gasteiger charge is -2.29. The SMILES string of the molecule is CC(C)=C1C(=O)Nc2ccc(S(=O)(=O)N3CCC(C)CC3)cc21. The molecule has 1 aromatic rings. The maximum Gasteiger partial charge on any atom is 0.256 e. The first-order valence-corrected chi connectivity index (χ1v) is 9.38. The predicted octanol–water partition coefficient (Wildman–Crippen LogP) is 2.85. The Hall–Kier alpha value is -1.66. The zero-order valence-electron chi connectivity index (χ0n) is 13.7. The van der Waals surface area contributed by atoms with Gasteiger partial charge in [0.15, 0.2) is 0 Å². The van der Waals surface area contributed by atoms with E-state index < -0.39 is 10.0 Å². The van der Waals surface area contributed by atoms with E-state index in [0.29, 0.717) is 35.8 Å². The molecule has 1 N–H and O–H groups in total. The summed E-state index contributed by atoms with van der Waals surface area (Å²) < 4.78 is 27.3. The molecule has 2 heterocycles. The highest BCUT2D eigenvalue weighted by molar-refractivity contribution is 7.89. The minimum absolute atomic E-state index is 0.165. The highest BCUT2D eigenvalue weighted by atomic mass is 32.2. The molecule has 2 aliphatic heterocycles. The molecule has 23 heavy (non-hydrogen) atoms. The Labute approximate surface area is 137 Å². The van der Waals surface area contributed by atoms with Gasteiger partial charge in [-0.2, -0.15) is 4.31 Å². The molecular formula is C17H22N2O3S. The lowest BCUT2D eigenvalue weighted by atomic mass is 10.0. The minimum Gasteiger partial charge on any atom is -0.321 e. The van der Waals surface area contributed by atoms with Gasteiger partial charge in [0.25, 0.3) is 5.91 Å². The second-order valence-corrected chi connectivity index (χ2v) is 8.56. The van der Waals surface area contributed by atoms with Crippen LogP contribution in [0.3, 0.4) is 0 Å². The molecule has 3 rings (SSSR count). The van der Waals surface area contributed by atoms with Gasteiger partial charge in [-0.05, 0) is 50.8 Å². The summed E-state index contributed by atoms with van der Waals surface area (Å²) in [6.45, 7) is 6.99. The summed E-state index contributed by atoms with van der Waals surface area (Å²) in [5.74, 6) is 0.405. The fraction of sp³-hybridized carbons (Fsp3) is 0.471. The van der Waals surface area contributed by atoms with Gasteiger partial charge in [-0.15, -0.1) is 0 Å². The van der Waals surface area contributed by atoms with Gasteiger partial charge < -0.3 is 5.32 Å². The van der Waals surface area contributed by atoms with Crippen molar-refractivity contribution in [2.75, 3.05) is 18.4 Å². The van der Waals surface area contributed by atoms with Crippen LogP contribution in [0.5, 0.6) is 0 Å². The van der Waals surface area contributed by atoms with E-state index in [1.165, 1.54) is 0 Å². The van der Waals surface area contributed by atoms with Crippen LogP contribution < -0.4 is 5.32 Å². The first-order valence-electron chi connectivity index (χ1n) is 7.94. The lowest BCUT2D eigenvalue weighted by molar-refractivity contribution is -0.110. The molecule has 124 valence electrons. The molecule has 0 radical (unpaired) electrons. The monoisotopic (exact) mass is 334 g/mol. The zero-order valence-corrected chi connectivity index (χ0v) is 14.5. The maximum atomic E-state index is 12.9. The van der Waals surface area contributed by atoms with Crippen LogP contribution in [-0.2, 0) is 14.8 Å². The molecule has 0 atom stereocenters. The van der Waals surface area contributed by atoms with Crippen molar-refractivity contribution < 1.29 is 13.2 Å². The molecule has 0 bridgehead atoms. The Morgan fingerprint density at radius 3 is 2.48 bits per heavy atom. The Bertz CT molecular complexity index is 784. The average Bonchev–Trinajstić information content (AvgIpc) is 2.82. The van der Waals surface area contributed by atoms with E-state index in [0.717, 1.165) is 18.4 Å². The van der Waals surface area contributed by atoms with E-state index in [2.05, 4.69) is 12.2 Å². The largest absolute Gasteiger partial charge is 0.321 e. The van der Waals surface area contributed by atoms with E-state index in [1.54, 1.807) is 22.5 Å². The van der Waals surface area contributed by atoms with Crippen molar-refractivity contribution in [1.29, 1.82) is 0 Å². The van der Waals surface area contributed by atoms with Gasteiger partial charge in [0.1, 0.15) is 0 Å². The summed E-state index contributed by atoms with van der Waals surface area (Å²) in [5, 5.41) is 2.79. The van der Waals surface area contributed by atoms with Crippen molar-refractivity contribution in [3.63, 3.8) is 0 Å². The number of sulfonamides is 1. The van der Waals surface area contributed by atoms with Crippen LogP contribution in [-0.4, -0.2) is 31.7 Å². The van der Waals surface area contributed by atoms with Crippen LogP contribution in [0.15, 0.2) is 28.7 Å². The molecular weight excluding hydrogens is 312 g/mol. The lowest BCUT2D eigenvalue weighted by Crippen LogP contribution is -2.37. The first kappa shape index (κ1) is 16.2. The van der Waals surface area contributed by atoms with Crippen molar-refractivity contribution >= 4 is 27.2 Å². The van der Waals surface area contributed by atoms with Crippen molar-refractivity contribution in [2.24, 2.45) is 5.92 Å². The third-order valence-corrected chi connectivity index (χ3v) is 6.51. The van der Waals surface area contributed by atoms with E-state index in [-0.39, 0.29) is 10.8 Å². The molecule has 1 amide bonds. The number of benzene rings is 1. The van der Waals surface area contributed by atoms with Gasteiger partial charge in [0.05, 0.1) is 4.90 Å². The molecule has 1 fully saturated rings. The summed E-state index contributed by atoms with van der Waals surface area (Å²) in [6.07, 6.45) is 1.78. The summed E-state index contributed by atoms with van der Waals surface area (Å²) in [6, 6.07) is 4.89. The van der Waals surface area contributed by atoms with Crippen LogP contribution in [0.1, 0.15) is 39.2 Å². The molecule has 0 saturated carbocycles. The zero-order chi connectivity index (χ0) is 16.8. The predicted molar refractivity (Wildman–Crippen MR) is 90.5 cm³/mol. The highest BCUT2D eigenvalue weighted by Crippen LogP contribution is 2.36. The fourth-order valence-electron chi connectivity index (χ4n) is 3.18. The first-order chi connectivity index (χ1) is 10.8. The number of amides is 1. The summed E-state index contributed by atoms with van der Waals surface area (Å²) in [7, 11) is -3.50. The Balaban J connectivity index is 2.00. The Kier molecular flexibility index (Phi) is 4.06. The average molecular weight is 334 g/mol. The number of nitrogens with zero attached hydrogens (tertiary/aromatic N) is 1. The number of fused-ring (bicyclic) bond motifs is 1. The van der Waals surface area contributed by atoms with Gasteiger partial charge in [-0.3, -0.25) is 4.79 Å². The minimum atomic E-state index is -3.50. The van der Waals surface area contributed by atoms with Gasteiger partial charge in [-0.1, -0.05) is 12.5 Å². The summed E-state index contributed by atoms with van der Waals surface area (Å²) >= 11 is 0. The van der Waals surface area contributed by atoms with Crippen LogP contribution in [0.25, 0.3) is 5.57 Å².